The van der Waals surface area contributed by atoms with Crippen molar-refractivity contribution in [3.05, 3.63) is 18.0 Å². The largest absolute Gasteiger partial charge is 0.364 e. The maximum absolute atomic E-state index is 12.4. The summed E-state index contributed by atoms with van der Waals surface area (Å²) in [5, 5.41) is 3.19. The molecule has 112 valence electrons. The van der Waals surface area contributed by atoms with Crippen LogP contribution in [-0.4, -0.2) is 37.5 Å². The molecule has 0 saturated carbocycles. The van der Waals surface area contributed by atoms with Crippen molar-refractivity contribution in [2.24, 2.45) is 12.8 Å². The van der Waals surface area contributed by atoms with E-state index in [1.165, 1.54) is 16.8 Å². The van der Waals surface area contributed by atoms with Gasteiger partial charge in [0.1, 0.15) is 10.6 Å². The van der Waals surface area contributed by atoms with Gasteiger partial charge in [0.25, 0.3) is 5.91 Å². The van der Waals surface area contributed by atoms with Crippen LogP contribution in [0.2, 0.25) is 0 Å². The smallest absolute Gasteiger partial charge is 0.265 e. The number of amides is 1. The van der Waals surface area contributed by atoms with E-state index in [9.17, 15) is 13.2 Å². The number of primary amides is 1. The first-order chi connectivity index (χ1) is 9.23. The quantitative estimate of drug-likeness (QED) is 0.700. The normalized spacial score (nSPS) is 18.9. The van der Waals surface area contributed by atoms with Gasteiger partial charge >= 0.3 is 0 Å². The molecule has 0 radical (unpaired) electrons. The molecular weight excluding hydrogens is 280 g/mol. The van der Waals surface area contributed by atoms with E-state index in [0.29, 0.717) is 0 Å². The van der Waals surface area contributed by atoms with Crippen LogP contribution in [0.15, 0.2) is 17.2 Å². The highest BCUT2D eigenvalue weighted by Crippen LogP contribution is 2.22. The van der Waals surface area contributed by atoms with Crippen LogP contribution in [0.4, 0.5) is 0 Å². The van der Waals surface area contributed by atoms with E-state index in [4.69, 9.17) is 5.73 Å². The standard InChI is InChI=1S/C12H20N4O3S/c1-12(3-5-14-6-4-12)15-20(18,19)9-7-10(11(13)17)16(2)8-9/h7-8,14-15H,3-6H2,1-2H3,(H2,13,17). The monoisotopic (exact) mass is 300 g/mol. The topological polar surface area (TPSA) is 106 Å². The third kappa shape index (κ3) is 3.02. The zero-order valence-corrected chi connectivity index (χ0v) is 12.5. The zero-order chi connectivity index (χ0) is 15.0. The maximum Gasteiger partial charge on any atom is 0.265 e. The van der Waals surface area contributed by atoms with E-state index < -0.39 is 21.5 Å². The highest BCUT2D eigenvalue weighted by atomic mass is 32.2. The third-order valence-electron chi connectivity index (χ3n) is 3.63. The number of rotatable bonds is 4. The number of nitrogens with zero attached hydrogens (tertiary/aromatic N) is 1. The zero-order valence-electron chi connectivity index (χ0n) is 11.6. The number of aromatic nitrogens is 1. The first-order valence-electron chi connectivity index (χ1n) is 6.44. The molecule has 1 amide bonds. The van der Waals surface area contributed by atoms with Crippen LogP contribution in [0.3, 0.4) is 0 Å². The number of hydrogen-bond acceptors (Lipinski definition) is 4. The van der Waals surface area contributed by atoms with Crippen LogP contribution < -0.4 is 15.8 Å². The molecule has 1 saturated heterocycles. The predicted molar refractivity (Wildman–Crippen MR) is 74.8 cm³/mol. The van der Waals surface area contributed by atoms with Crippen molar-refractivity contribution in [1.29, 1.82) is 0 Å². The second-order valence-electron chi connectivity index (χ2n) is 5.45. The van der Waals surface area contributed by atoms with E-state index >= 15 is 0 Å². The Morgan fingerprint density at radius 1 is 1.45 bits per heavy atom. The van der Waals surface area contributed by atoms with Crippen molar-refractivity contribution in [2.45, 2.75) is 30.2 Å². The molecule has 0 unspecified atom stereocenters. The van der Waals surface area contributed by atoms with Gasteiger partial charge in [0.15, 0.2) is 0 Å². The second kappa shape index (κ2) is 5.19. The van der Waals surface area contributed by atoms with Crippen molar-refractivity contribution in [2.75, 3.05) is 13.1 Å². The van der Waals surface area contributed by atoms with E-state index in [1.807, 2.05) is 6.92 Å². The van der Waals surface area contributed by atoms with Crippen LogP contribution in [0, 0.1) is 0 Å². The van der Waals surface area contributed by atoms with Gasteiger partial charge in [-0.15, -0.1) is 0 Å². The molecule has 0 spiro atoms. The van der Waals surface area contributed by atoms with Crippen molar-refractivity contribution in [3.63, 3.8) is 0 Å². The fourth-order valence-electron chi connectivity index (χ4n) is 2.39. The van der Waals surface area contributed by atoms with Crippen LogP contribution in [0.25, 0.3) is 0 Å². The summed E-state index contributed by atoms with van der Waals surface area (Å²) in [4.78, 5) is 11.3. The number of carbonyl (C=O) groups is 1. The number of aryl methyl sites for hydroxylation is 1. The summed E-state index contributed by atoms with van der Waals surface area (Å²) >= 11 is 0. The number of hydrogen-bond donors (Lipinski definition) is 3. The van der Waals surface area contributed by atoms with E-state index in [2.05, 4.69) is 10.0 Å². The SMILES string of the molecule is Cn1cc(S(=O)(=O)NC2(C)CCNCC2)cc1C(N)=O. The van der Waals surface area contributed by atoms with E-state index in [-0.39, 0.29) is 10.6 Å². The lowest BCUT2D eigenvalue weighted by Crippen LogP contribution is -2.52. The minimum Gasteiger partial charge on any atom is -0.364 e. The summed E-state index contributed by atoms with van der Waals surface area (Å²) in [6.45, 7) is 3.45. The lowest BCUT2D eigenvalue weighted by atomic mass is 9.92. The molecule has 4 N–H and O–H groups in total. The number of carbonyl (C=O) groups excluding carboxylic acids is 1. The average Bonchev–Trinajstić information content (AvgIpc) is 2.72. The molecular formula is C12H20N4O3S. The molecule has 2 heterocycles. The summed E-state index contributed by atoms with van der Waals surface area (Å²) in [6, 6.07) is 1.30. The second-order valence-corrected chi connectivity index (χ2v) is 7.13. The summed E-state index contributed by atoms with van der Waals surface area (Å²) < 4.78 is 28.9. The van der Waals surface area contributed by atoms with Crippen LogP contribution in [0.5, 0.6) is 0 Å². The minimum absolute atomic E-state index is 0.0635. The van der Waals surface area contributed by atoms with Crippen molar-refractivity contribution in [1.82, 2.24) is 14.6 Å². The molecule has 20 heavy (non-hydrogen) atoms. The van der Waals surface area contributed by atoms with Gasteiger partial charge in [-0.3, -0.25) is 4.79 Å². The van der Waals surface area contributed by atoms with E-state index in [0.717, 1.165) is 25.9 Å². The lowest BCUT2D eigenvalue weighted by Gasteiger charge is -2.34. The molecule has 8 heteroatoms. The highest BCUT2D eigenvalue weighted by Gasteiger charge is 2.32. The van der Waals surface area contributed by atoms with Gasteiger partial charge in [-0.2, -0.15) is 0 Å². The van der Waals surface area contributed by atoms with Gasteiger partial charge in [0.2, 0.25) is 10.0 Å². The van der Waals surface area contributed by atoms with Gasteiger partial charge in [0, 0.05) is 18.8 Å². The molecule has 0 aromatic carbocycles. The van der Waals surface area contributed by atoms with Gasteiger partial charge in [0.05, 0.1) is 0 Å². The van der Waals surface area contributed by atoms with Crippen molar-refractivity contribution < 1.29 is 13.2 Å². The Hall–Kier alpha value is -1.38. The molecule has 0 bridgehead atoms. The Labute approximate surface area is 118 Å². The minimum atomic E-state index is -3.66. The van der Waals surface area contributed by atoms with Gasteiger partial charge in [-0.05, 0) is 38.9 Å². The predicted octanol–water partition coefficient (Wildman–Crippen LogP) is -0.456. The summed E-state index contributed by atoms with van der Waals surface area (Å²) in [5.74, 6) is -0.651. The molecule has 1 aromatic rings. The highest BCUT2D eigenvalue weighted by molar-refractivity contribution is 7.89. The first kappa shape index (κ1) is 15.0. The fourth-order valence-corrected chi connectivity index (χ4v) is 3.92. The lowest BCUT2D eigenvalue weighted by molar-refractivity contribution is 0.0992. The Morgan fingerprint density at radius 2 is 2.05 bits per heavy atom. The van der Waals surface area contributed by atoms with Crippen LogP contribution in [0.1, 0.15) is 30.3 Å². The third-order valence-corrected chi connectivity index (χ3v) is 5.24. The number of nitrogens with one attached hydrogen (secondary N) is 2. The molecule has 1 aliphatic rings. The summed E-state index contributed by atoms with van der Waals surface area (Å²) in [6.07, 6.45) is 2.84. The van der Waals surface area contributed by atoms with Crippen molar-refractivity contribution in [3.8, 4) is 0 Å². The van der Waals surface area contributed by atoms with Crippen LogP contribution in [-0.2, 0) is 17.1 Å². The molecule has 1 aliphatic heterocycles. The van der Waals surface area contributed by atoms with Gasteiger partial charge in [-0.1, -0.05) is 0 Å². The number of nitrogens with two attached hydrogens (primary N) is 1. The number of piperidine rings is 1. The molecule has 0 aliphatic carbocycles. The Bertz CT molecular complexity index is 615. The average molecular weight is 300 g/mol. The van der Waals surface area contributed by atoms with E-state index in [1.54, 1.807) is 7.05 Å². The molecule has 0 atom stereocenters. The summed E-state index contributed by atoms with van der Waals surface area (Å²) in [7, 11) is -2.07. The van der Waals surface area contributed by atoms with Crippen LogP contribution >= 0.6 is 0 Å². The van der Waals surface area contributed by atoms with Crippen molar-refractivity contribution >= 4 is 15.9 Å². The summed E-state index contributed by atoms with van der Waals surface area (Å²) in [5.41, 5.74) is 4.90. The number of sulfonamides is 1. The Kier molecular flexibility index (Phi) is 3.90. The Balaban J connectivity index is 2.26. The fraction of sp³-hybridized carbons (Fsp3) is 0.583. The molecule has 2 rings (SSSR count). The molecule has 1 fully saturated rings. The van der Waals surface area contributed by atoms with Gasteiger partial charge in [-0.25, -0.2) is 13.1 Å². The Morgan fingerprint density at radius 3 is 2.55 bits per heavy atom. The molecule has 7 nitrogen and oxygen atoms in total. The molecule has 1 aromatic heterocycles. The van der Waals surface area contributed by atoms with Gasteiger partial charge < -0.3 is 15.6 Å². The first-order valence-corrected chi connectivity index (χ1v) is 7.93. The maximum atomic E-state index is 12.4.